The Bertz CT molecular complexity index is 645. The van der Waals surface area contributed by atoms with Crippen molar-refractivity contribution >= 4 is 11.6 Å². The van der Waals surface area contributed by atoms with E-state index in [0.717, 1.165) is 37.3 Å². The second-order valence-electron chi connectivity index (χ2n) is 6.74. The summed E-state index contributed by atoms with van der Waals surface area (Å²) >= 11 is 0. The minimum absolute atomic E-state index is 0.116. The number of carbonyl (C=O) groups excluding carboxylic acids is 1. The smallest absolute Gasteiger partial charge is 0.227 e. The number of unbranched alkanes of at least 4 members (excludes halogenated alkanes) is 3. The van der Waals surface area contributed by atoms with Crippen molar-refractivity contribution in [1.29, 1.82) is 0 Å². The first-order valence-corrected chi connectivity index (χ1v) is 9.51. The van der Waals surface area contributed by atoms with E-state index in [0.29, 0.717) is 0 Å². The number of aromatic nitrogens is 2. The summed E-state index contributed by atoms with van der Waals surface area (Å²) < 4.78 is 2.11. The molecule has 0 spiro atoms. The molecule has 2 rings (SSSR count). The molecule has 0 aliphatic heterocycles. The first kappa shape index (κ1) is 19.2. The first-order valence-electron chi connectivity index (χ1n) is 9.51. The lowest BCUT2D eigenvalue weighted by atomic mass is 9.97. The maximum Gasteiger partial charge on any atom is 0.227 e. The Balaban J connectivity index is 1.86. The molecule has 0 fully saturated rings. The minimum atomic E-state index is 0.116. The summed E-state index contributed by atoms with van der Waals surface area (Å²) in [6, 6.07) is 8.11. The molecule has 2 aromatic rings. The highest BCUT2D eigenvalue weighted by atomic mass is 16.1. The van der Waals surface area contributed by atoms with Crippen LogP contribution in [0.15, 0.2) is 36.7 Å². The predicted molar refractivity (Wildman–Crippen MR) is 104 cm³/mol. The number of nitrogens with zero attached hydrogens (tertiary/aromatic N) is 2. The number of nitrogens with one attached hydrogen (secondary N) is 1. The molecule has 4 nitrogen and oxygen atoms in total. The third kappa shape index (κ3) is 6.04. The van der Waals surface area contributed by atoms with Gasteiger partial charge in [-0.25, -0.2) is 4.98 Å². The number of carbonyl (C=O) groups is 1. The molecular weight excluding hydrogens is 310 g/mol. The number of imidazole rings is 1. The zero-order chi connectivity index (χ0) is 18.1. The lowest BCUT2D eigenvalue weighted by Gasteiger charge is -2.15. The van der Waals surface area contributed by atoms with Gasteiger partial charge < -0.3 is 9.88 Å². The molecule has 0 aliphatic rings. The standard InChI is InChI=1S/C21H31N3O/c1-4-6-7-8-9-19(5-2)21(25)23-20-12-10-18(11-13-20)16-24-15-14-22-17(24)3/h10-15,19H,4-9,16H2,1-3H3,(H,23,25). The van der Waals surface area contributed by atoms with Gasteiger partial charge in [0.2, 0.25) is 5.91 Å². The summed E-state index contributed by atoms with van der Waals surface area (Å²) in [5, 5.41) is 3.07. The van der Waals surface area contributed by atoms with Crippen LogP contribution in [-0.2, 0) is 11.3 Å². The second kappa shape index (κ2) is 10.0. The third-order valence-electron chi connectivity index (χ3n) is 4.77. The van der Waals surface area contributed by atoms with Gasteiger partial charge in [0.15, 0.2) is 0 Å². The summed E-state index contributed by atoms with van der Waals surface area (Å²) in [6.07, 6.45) is 10.5. The molecule has 1 N–H and O–H groups in total. The van der Waals surface area contributed by atoms with Crippen molar-refractivity contribution in [3.63, 3.8) is 0 Å². The number of rotatable bonds is 10. The van der Waals surface area contributed by atoms with Crippen molar-refractivity contribution in [2.45, 2.75) is 65.8 Å². The van der Waals surface area contributed by atoms with Crippen LogP contribution in [0.5, 0.6) is 0 Å². The van der Waals surface area contributed by atoms with E-state index >= 15 is 0 Å². The zero-order valence-corrected chi connectivity index (χ0v) is 15.8. The summed E-state index contributed by atoms with van der Waals surface area (Å²) in [4.78, 5) is 16.7. The molecular formula is C21H31N3O. The van der Waals surface area contributed by atoms with Gasteiger partial charge in [-0.05, 0) is 37.5 Å². The monoisotopic (exact) mass is 341 g/mol. The van der Waals surface area contributed by atoms with Gasteiger partial charge in [-0.15, -0.1) is 0 Å². The number of benzene rings is 1. The van der Waals surface area contributed by atoms with Crippen LogP contribution < -0.4 is 5.32 Å². The molecule has 1 aromatic heterocycles. The zero-order valence-electron chi connectivity index (χ0n) is 15.8. The molecule has 1 atom stereocenters. The lowest BCUT2D eigenvalue weighted by molar-refractivity contribution is -0.120. The fraction of sp³-hybridized carbons (Fsp3) is 0.524. The van der Waals surface area contributed by atoms with Gasteiger partial charge in [-0.1, -0.05) is 51.7 Å². The van der Waals surface area contributed by atoms with Crippen molar-refractivity contribution in [3.8, 4) is 0 Å². The normalized spacial score (nSPS) is 12.1. The van der Waals surface area contributed by atoms with Crippen molar-refractivity contribution in [3.05, 3.63) is 48.0 Å². The quantitative estimate of drug-likeness (QED) is 0.606. The molecule has 4 heteroatoms. The topological polar surface area (TPSA) is 46.9 Å². The summed E-state index contributed by atoms with van der Waals surface area (Å²) in [6.45, 7) is 7.11. The van der Waals surface area contributed by atoms with Gasteiger partial charge in [-0.2, -0.15) is 0 Å². The fourth-order valence-electron chi connectivity index (χ4n) is 3.04. The fourth-order valence-corrected chi connectivity index (χ4v) is 3.04. The van der Waals surface area contributed by atoms with Crippen LogP contribution in [0.25, 0.3) is 0 Å². The van der Waals surface area contributed by atoms with Crippen LogP contribution in [0.3, 0.4) is 0 Å². The third-order valence-corrected chi connectivity index (χ3v) is 4.77. The molecule has 0 saturated heterocycles. The SMILES string of the molecule is CCCCCCC(CC)C(=O)Nc1ccc(Cn2ccnc2C)cc1. The molecule has 0 aliphatic carbocycles. The van der Waals surface area contributed by atoms with Crippen LogP contribution in [0.2, 0.25) is 0 Å². The van der Waals surface area contributed by atoms with Gasteiger partial charge in [0.05, 0.1) is 0 Å². The molecule has 0 radical (unpaired) electrons. The van der Waals surface area contributed by atoms with Gasteiger partial charge in [0.1, 0.15) is 5.82 Å². The Morgan fingerprint density at radius 1 is 1.16 bits per heavy atom. The van der Waals surface area contributed by atoms with Crippen LogP contribution >= 0.6 is 0 Å². The first-order chi connectivity index (χ1) is 12.1. The van der Waals surface area contributed by atoms with E-state index in [4.69, 9.17) is 0 Å². The van der Waals surface area contributed by atoms with Crippen molar-refractivity contribution in [1.82, 2.24) is 9.55 Å². The Labute approximate surface area is 151 Å². The van der Waals surface area contributed by atoms with Gasteiger partial charge in [-0.3, -0.25) is 4.79 Å². The van der Waals surface area contributed by atoms with E-state index in [-0.39, 0.29) is 11.8 Å². The van der Waals surface area contributed by atoms with Crippen molar-refractivity contribution < 1.29 is 4.79 Å². The molecule has 1 heterocycles. The van der Waals surface area contributed by atoms with Crippen LogP contribution in [0.4, 0.5) is 5.69 Å². The predicted octanol–water partition coefficient (Wildman–Crippen LogP) is 5.17. The van der Waals surface area contributed by atoms with Crippen LogP contribution in [0, 0.1) is 12.8 Å². The second-order valence-corrected chi connectivity index (χ2v) is 6.74. The lowest BCUT2D eigenvalue weighted by Crippen LogP contribution is -2.22. The van der Waals surface area contributed by atoms with Crippen molar-refractivity contribution in [2.24, 2.45) is 5.92 Å². The van der Waals surface area contributed by atoms with E-state index in [1.54, 1.807) is 0 Å². The highest BCUT2D eigenvalue weighted by molar-refractivity contribution is 5.92. The van der Waals surface area contributed by atoms with E-state index in [1.165, 1.54) is 24.8 Å². The highest BCUT2D eigenvalue weighted by Crippen LogP contribution is 2.18. The van der Waals surface area contributed by atoms with E-state index in [2.05, 4.69) is 40.8 Å². The highest BCUT2D eigenvalue weighted by Gasteiger charge is 2.16. The summed E-state index contributed by atoms with van der Waals surface area (Å²) in [5.74, 6) is 1.27. The summed E-state index contributed by atoms with van der Waals surface area (Å²) in [5.41, 5.74) is 2.08. The number of anilines is 1. The Kier molecular flexibility index (Phi) is 7.71. The number of hydrogen-bond acceptors (Lipinski definition) is 2. The maximum atomic E-state index is 12.5. The number of amides is 1. The Morgan fingerprint density at radius 3 is 2.52 bits per heavy atom. The largest absolute Gasteiger partial charge is 0.331 e. The Morgan fingerprint density at radius 2 is 1.92 bits per heavy atom. The number of aryl methyl sites for hydroxylation is 1. The molecule has 1 aromatic carbocycles. The van der Waals surface area contributed by atoms with Crippen LogP contribution in [0.1, 0.15) is 63.8 Å². The van der Waals surface area contributed by atoms with Gasteiger partial charge >= 0.3 is 0 Å². The van der Waals surface area contributed by atoms with E-state index in [1.807, 2.05) is 31.5 Å². The molecule has 25 heavy (non-hydrogen) atoms. The molecule has 136 valence electrons. The van der Waals surface area contributed by atoms with Gasteiger partial charge in [0.25, 0.3) is 0 Å². The van der Waals surface area contributed by atoms with Crippen molar-refractivity contribution in [2.75, 3.05) is 5.32 Å². The molecule has 0 saturated carbocycles. The molecule has 1 unspecified atom stereocenters. The summed E-state index contributed by atoms with van der Waals surface area (Å²) in [7, 11) is 0. The van der Waals surface area contributed by atoms with E-state index in [9.17, 15) is 4.79 Å². The minimum Gasteiger partial charge on any atom is -0.331 e. The number of hydrogen-bond donors (Lipinski definition) is 1. The Hall–Kier alpha value is -2.10. The molecule has 0 bridgehead atoms. The molecule has 1 amide bonds. The average molecular weight is 341 g/mol. The van der Waals surface area contributed by atoms with E-state index < -0.39 is 0 Å². The maximum absolute atomic E-state index is 12.5. The average Bonchev–Trinajstić information content (AvgIpc) is 3.01. The van der Waals surface area contributed by atoms with Gasteiger partial charge in [0, 0.05) is 30.5 Å². The van der Waals surface area contributed by atoms with Crippen LogP contribution in [-0.4, -0.2) is 15.5 Å².